The molecule has 14 heteroatoms. The second kappa shape index (κ2) is 15.8. The van der Waals surface area contributed by atoms with Crippen molar-refractivity contribution < 1.29 is 43.7 Å². The Morgan fingerprint density at radius 3 is 1.07 bits per heavy atom. The normalized spacial score (nSPS) is 10.8. The lowest BCUT2D eigenvalue weighted by molar-refractivity contribution is -0.696. The zero-order valence-electron chi connectivity index (χ0n) is 17.7. The Balaban J connectivity index is 0. The van der Waals surface area contributed by atoms with Crippen molar-refractivity contribution in [1.82, 2.24) is 9.13 Å². The zero-order chi connectivity index (χ0) is 23.8. The molecule has 0 amide bonds. The van der Waals surface area contributed by atoms with Crippen LogP contribution in [0.5, 0.6) is 0 Å². The van der Waals surface area contributed by atoms with Crippen LogP contribution < -0.4 is 9.13 Å². The maximum absolute atomic E-state index is 9.75. The molecular weight excluding hydrogens is 422 g/mol. The summed E-state index contributed by atoms with van der Waals surface area (Å²) in [4.78, 5) is 0. The molecule has 0 spiro atoms. The van der Waals surface area contributed by atoms with Crippen molar-refractivity contribution in [3.63, 3.8) is 0 Å². The van der Waals surface area contributed by atoms with Crippen LogP contribution in [0.3, 0.4) is 0 Å². The predicted octanol–water partition coefficient (Wildman–Crippen LogP) is 4.83. The SMILES string of the molecule is CCCC[n+]1ccn(C)c1.CCCC[n+]1ccn(C)c1.F[B-](F)(F)F.F[B-](F)(F)F. The van der Waals surface area contributed by atoms with Gasteiger partial charge in [0.1, 0.15) is 24.8 Å². The van der Waals surface area contributed by atoms with Crippen LogP contribution in [0.4, 0.5) is 34.5 Å². The Hall–Kier alpha value is -2.01. The molecule has 0 atom stereocenters. The molecule has 176 valence electrons. The van der Waals surface area contributed by atoms with Crippen LogP contribution in [0.25, 0.3) is 0 Å². The molecule has 2 aromatic rings. The first-order valence-corrected chi connectivity index (χ1v) is 9.42. The molecule has 0 N–H and O–H groups in total. The van der Waals surface area contributed by atoms with Crippen LogP contribution in [0.1, 0.15) is 39.5 Å². The van der Waals surface area contributed by atoms with Gasteiger partial charge in [0.25, 0.3) is 0 Å². The van der Waals surface area contributed by atoms with Crippen molar-refractivity contribution in [2.75, 3.05) is 0 Å². The highest BCUT2D eigenvalue weighted by Gasteiger charge is 2.21. The third kappa shape index (κ3) is 28.2. The Morgan fingerprint density at radius 2 is 0.900 bits per heavy atom. The van der Waals surface area contributed by atoms with E-state index in [-0.39, 0.29) is 0 Å². The molecule has 2 rings (SSSR count). The van der Waals surface area contributed by atoms with E-state index in [1.165, 1.54) is 25.7 Å². The maximum atomic E-state index is 9.75. The molecule has 0 aliphatic carbocycles. The number of nitrogens with zero attached hydrogens (tertiary/aromatic N) is 4. The van der Waals surface area contributed by atoms with Crippen LogP contribution in [-0.4, -0.2) is 23.6 Å². The predicted molar refractivity (Wildman–Crippen MR) is 101 cm³/mol. The minimum Gasteiger partial charge on any atom is -0.418 e. The summed E-state index contributed by atoms with van der Waals surface area (Å²) in [7, 11) is -7.91. The Bertz CT molecular complexity index is 588. The first-order chi connectivity index (χ1) is 13.7. The van der Waals surface area contributed by atoms with E-state index in [9.17, 15) is 34.5 Å². The molecule has 0 fully saturated rings. The van der Waals surface area contributed by atoms with E-state index < -0.39 is 14.5 Å². The van der Waals surface area contributed by atoms with Gasteiger partial charge in [0.2, 0.25) is 12.7 Å². The summed E-state index contributed by atoms with van der Waals surface area (Å²) in [6.45, 7) is 6.72. The lowest BCUT2D eigenvalue weighted by Crippen LogP contribution is -2.30. The van der Waals surface area contributed by atoms with E-state index >= 15 is 0 Å². The first-order valence-electron chi connectivity index (χ1n) is 9.42. The number of unbranched alkanes of at least 4 members (excludes halogenated alkanes) is 2. The fourth-order valence-corrected chi connectivity index (χ4v) is 1.95. The van der Waals surface area contributed by atoms with Crippen molar-refractivity contribution in [3.05, 3.63) is 37.4 Å². The molecule has 30 heavy (non-hydrogen) atoms. The highest BCUT2D eigenvalue weighted by molar-refractivity contribution is 6.50. The number of imidazole rings is 2. The highest BCUT2D eigenvalue weighted by atomic mass is 19.5. The molecule has 0 aromatic carbocycles. The van der Waals surface area contributed by atoms with Crippen molar-refractivity contribution in [3.8, 4) is 0 Å². The van der Waals surface area contributed by atoms with Gasteiger partial charge in [0.05, 0.1) is 27.2 Å². The van der Waals surface area contributed by atoms with Crippen LogP contribution in [0, 0.1) is 0 Å². The molecule has 2 heterocycles. The topological polar surface area (TPSA) is 17.6 Å². The van der Waals surface area contributed by atoms with Gasteiger partial charge in [0, 0.05) is 0 Å². The molecule has 0 saturated carbocycles. The van der Waals surface area contributed by atoms with E-state index in [0.29, 0.717) is 0 Å². The molecule has 0 radical (unpaired) electrons. The number of halogens is 8. The summed E-state index contributed by atoms with van der Waals surface area (Å²) < 4.78 is 86.6. The van der Waals surface area contributed by atoms with Gasteiger partial charge in [-0.2, -0.15) is 0 Å². The lowest BCUT2D eigenvalue weighted by Gasteiger charge is -1.94. The van der Waals surface area contributed by atoms with E-state index in [1.54, 1.807) is 0 Å². The van der Waals surface area contributed by atoms with Gasteiger partial charge >= 0.3 is 14.5 Å². The minimum absolute atomic E-state index is 1.15. The molecular formula is C16H30B2F8N4. The second-order valence-corrected chi connectivity index (χ2v) is 6.33. The van der Waals surface area contributed by atoms with Crippen LogP contribution in [-0.2, 0) is 27.2 Å². The number of rotatable bonds is 6. The lowest BCUT2D eigenvalue weighted by atomic mass is 10.3. The van der Waals surface area contributed by atoms with E-state index in [4.69, 9.17) is 0 Å². The van der Waals surface area contributed by atoms with Crippen molar-refractivity contribution in [2.24, 2.45) is 14.1 Å². The highest BCUT2D eigenvalue weighted by Crippen LogP contribution is 2.07. The van der Waals surface area contributed by atoms with Crippen LogP contribution >= 0.6 is 0 Å². The molecule has 0 unspecified atom stereocenters. The average Bonchev–Trinajstić information content (AvgIpc) is 3.16. The van der Waals surface area contributed by atoms with Gasteiger partial charge in [-0.15, -0.1) is 0 Å². The first kappa shape index (κ1) is 30.2. The molecule has 0 bridgehead atoms. The van der Waals surface area contributed by atoms with E-state index in [1.807, 2.05) is 14.1 Å². The largest absolute Gasteiger partial charge is 0.673 e. The average molecular weight is 452 g/mol. The monoisotopic (exact) mass is 452 g/mol. The number of hydrogen-bond donors (Lipinski definition) is 0. The molecule has 0 aliphatic rings. The standard InChI is InChI=1S/2C8H15N2.2BF4/c2*1-3-4-5-10-7-6-9(2)8-10;2*2-1(3,4)5/h2*6-8H,3-5H2,1-2H3;;/q2*+1;2*-1. The molecule has 0 aliphatic heterocycles. The van der Waals surface area contributed by atoms with E-state index in [0.717, 1.165) is 13.1 Å². The van der Waals surface area contributed by atoms with Gasteiger partial charge in [-0.1, -0.05) is 26.7 Å². The van der Waals surface area contributed by atoms with Crippen molar-refractivity contribution in [2.45, 2.75) is 52.6 Å². The minimum atomic E-state index is -6.00. The zero-order valence-corrected chi connectivity index (χ0v) is 17.7. The molecule has 4 nitrogen and oxygen atoms in total. The van der Waals surface area contributed by atoms with Gasteiger partial charge in [-0.3, -0.25) is 0 Å². The number of hydrogen-bond acceptors (Lipinski definition) is 0. The molecule has 2 aromatic heterocycles. The fraction of sp³-hybridized carbons (Fsp3) is 0.625. The molecule has 0 saturated heterocycles. The Morgan fingerprint density at radius 1 is 0.633 bits per heavy atom. The van der Waals surface area contributed by atoms with Crippen LogP contribution in [0.2, 0.25) is 0 Å². The number of aryl methyl sites for hydroxylation is 4. The van der Waals surface area contributed by atoms with E-state index in [2.05, 4.69) is 69.6 Å². The van der Waals surface area contributed by atoms with Crippen molar-refractivity contribution >= 4 is 14.5 Å². The van der Waals surface area contributed by atoms with Gasteiger partial charge < -0.3 is 34.5 Å². The van der Waals surface area contributed by atoms with Gasteiger partial charge in [-0.25, -0.2) is 18.3 Å². The Labute approximate surface area is 172 Å². The summed E-state index contributed by atoms with van der Waals surface area (Å²) in [5, 5.41) is 0. The smallest absolute Gasteiger partial charge is 0.418 e. The summed E-state index contributed by atoms with van der Waals surface area (Å²) in [6.07, 6.45) is 17.6. The maximum Gasteiger partial charge on any atom is 0.673 e. The van der Waals surface area contributed by atoms with Gasteiger partial charge in [-0.05, 0) is 12.8 Å². The summed E-state index contributed by atoms with van der Waals surface area (Å²) in [6, 6.07) is 0. The third-order valence-electron chi connectivity index (χ3n) is 3.19. The summed E-state index contributed by atoms with van der Waals surface area (Å²) in [5.41, 5.74) is 0. The summed E-state index contributed by atoms with van der Waals surface area (Å²) in [5.74, 6) is 0. The Kier molecular flexibility index (Phi) is 15.9. The third-order valence-corrected chi connectivity index (χ3v) is 3.19. The fourth-order valence-electron chi connectivity index (χ4n) is 1.95. The van der Waals surface area contributed by atoms with Crippen molar-refractivity contribution in [1.29, 1.82) is 0 Å². The summed E-state index contributed by atoms with van der Waals surface area (Å²) >= 11 is 0. The quantitative estimate of drug-likeness (QED) is 0.340. The number of aromatic nitrogens is 4. The second-order valence-electron chi connectivity index (χ2n) is 6.33. The van der Waals surface area contributed by atoms with Gasteiger partial charge in [0.15, 0.2) is 0 Å². The van der Waals surface area contributed by atoms with Crippen LogP contribution in [0.15, 0.2) is 37.4 Å².